The van der Waals surface area contributed by atoms with Crippen LogP contribution < -0.4 is 10.1 Å². The molecule has 1 fully saturated rings. The average molecular weight is 290 g/mol. The standard InChI is InChI=1S/C16H22N2O3/c1-12(16(20)18-9-3-4-10-18)17-15(19)11-13-5-7-14(21-2)8-6-13/h5-8,12H,3-4,9-11H2,1-2H3,(H,17,19)/t12-/m0/s1. The molecule has 1 saturated heterocycles. The zero-order valence-electron chi connectivity index (χ0n) is 12.6. The lowest BCUT2D eigenvalue weighted by molar-refractivity contribution is -0.134. The van der Waals surface area contributed by atoms with Crippen molar-refractivity contribution in [3.63, 3.8) is 0 Å². The van der Waals surface area contributed by atoms with Crippen LogP contribution >= 0.6 is 0 Å². The number of hydrogen-bond acceptors (Lipinski definition) is 3. The summed E-state index contributed by atoms with van der Waals surface area (Å²) >= 11 is 0. The third-order valence-electron chi connectivity index (χ3n) is 3.69. The van der Waals surface area contributed by atoms with Crippen LogP contribution in [-0.2, 0) is 16.0 Å². The third-order valence-corrected chi connectivity index (χ3v) is 3.69. The first-order valence-electron chi connectivity index (χ1n) is 7.31. The molecule has 0 bridgehead atoms. The number of methoxy groups -OCH3 is 1. The van der Waals surface area contributed by atoms with E-state index < -0.39 is 6.04 Å². The molecule has 0 unspecified atom stereocenters. The van der Waals surface area contributed by atoms with Gasteiger partial charge in [-0.2, -0.15) is 0 Å². The Morgan fingerprint density at radius 3 is 2.43 bits per heavy atom. The highest BCUT2D eigenvalue weighted by molar-refractivity contribution is 5.88. The lowest BCUT2D eigenvalue weighted by Gasteiger charge is -2.21. The van der Waals surface area contributed by atoms with Crippen LogP contribution in [0.4, 0.5) is 0 Å². The van der Waals surface area contributed by atoms with Gasteiger partial charge in [-0.15, -0.1) is 0 Å². The number of nitrogens with zero attached hydrogens (tertiary/aromatic N) is 1. The summed E-state index contributed by atoms with van der Waals surface area (Å²) in [6.45, 7) is 3.35. The van der Waals surface area contributed by atoms with Crippen LogP contribution in [0.2, 0.25) is 0 Å². The topological polar surface area (TPSA) is 58.6 Å². The van der Waals surface area contributed by atoms with Crippen LogP contribution in [0.25, 0.3) is 0 Å². The van der Waals surface area contributed by atoms with E-state index in [0.717, 1.165) is 37.2 Å². The number of hydrogen-bond donors (Lipinski definition) is 1. The fraction of sp³-hybridized carbons (Fsp3) is 0.500. The van der Waals surface area contributed by atoms with E-state index in [9.17, 15) is 9.59 Å². The minimum Gasteiger partial charge on any atom is -0.497 e. The molecule has 2 amide bonds. The van der Waals surface area contributed by atoms with Crippen molar-refractivity contribution in [3.05, 3.63) is 29.8 Å². The minimum absolute atomic E-state index is 0.00980. The molecule has 5 nitrogen and oxygen atoms in total. The van der Waals surface area contributed by atoms with Gasteiger partial charge in [0, 0.05) is 13.1 Å². The second kappa shape index (κ2) is 7.11. The number of carbonyl (C=O) groups excluding carboxylic acids is 2. The van der Waals surface area contributed by atoms with Crippen LogP contribution in [0.5, 0.6) is 5.75 Å². The fourth-order valence-electron chi connectivity index (χ4n) is 2.49. The van der Waals surface area contributed by atoms with Crippen molar-refractivity contribution in [1.29, 1.82) is 0 Å². The van der Waals surface area contributed by atoms with Crippen molar-refractivity contribution in [2.75, 3.05) is 20.2 Å². The Bertz CT molecular complexity index is 493. The molecule has 0 saturated carbocycles. The molecule has 1 aliphatic heterocycles. The van der Waals surface area contributed by atoms with Crippen molar-refractivity contribution in [3.8, 4) is 5.75 Å². The van der Waals surface area contributed by atoms with Gasteiger partial charge in [-0.25, -0.2) is 0 Å². The van der Waals surface area contributed by atoms with Gasteiger partial charge in [0.1, 0.15) is 11.8 Å². The average Bonchev–Trinajstić information content (AvgIpc) is 3.01. The van der Waals surface area contributed by atoms with Crippen LogP contribution in [0.3, 0.4) is 0 Å². The summed E-state index contributed by atoms with van der Waals surface area (Å²) in [6.07, 6.45) is 2.37. The zero-order valence-corrected chi connectivity index (χ0v) is 12.6. The van der Waals surface area contributed by atoms with Crippen molar-refractivity contribution in [2.24, 2.45) is 0 Å². The predicted molar refractivity (Wildman–Crippen MR) is 80.1 cm³/mol. The molecule has 1 heterocycles. The first-order chi connectivity index (χ1) is 10.1. The molecule has 0 aliphatic carbocycles. The summed E-state index contributed by atoms with van der Waals surface area (Å²) < 4.78 is 5.08. The molecule has 1 atom stereocenters. The molecule has 21 heavy (non-hydrogen) atoms. The van der Waals surface area contributed by atoms with Crippen LogP contribution in [0.1, 0.15) is 25.3 Å². The number of nitrogens with one attached hydrogen (secondary N) is 1. The smallest absolute Gasteiger partial charge is 0.244 e. The number of amides is 2. The van der Waals surface area contributed by atoms with Gasteiger partial charge in [0.15, 0.2) is 0 Å². The first kappa shape index (κ1) is 15.4. The number of rotatable bonds is 5. The van der Waals surface area contributed by atoms with E-state index >= 15 is 0 Å². The Labute approximate surface area is 125 Å². The van der Waals surface area contributed by atoms with E-state index in [4.69, 9.17) is 4.74 Å². The van der Waals surface area contributed by atoms with Gasteiger partial charge in [-0.1, -0.05) is 12.1 Å². The van der Waals surface area contributed by atoms with Crippen molar-refractivity contribution in [2.45, 2.75) is 32.2 Å². The molecular formula is C16H22N2O3. The van der Waals surface area contributed by atoms with Crippen molar-refractivity contribution >= 4 is 11.8 Å². The SMILES string of the molecule is COc1ccc(CC(=O)N[C@@H](C)C(=O)N2CCCC2)cc1. The van der Waals surface area contributed by atoms with Crippen LogP contribution in [0, 0.1) is 0 Å². The molecule has 5 heteroatoms. The van der Waals surface area contributed by atoms with E-state index in [2.05, 4.69) is 5.32 Å². The number of carbonyl (C=O) groups is 2. The lowest BCUT2D eigenvalue weighted by atomic mass is 10.1. The Kier molecular flexibility index (Phi) is 5.20. The molecule has 1 aliphatic rings. The fourth-order valence-corrected chi connectivity index (χ4v) is 2.49. The Balaban J connectivity index is 1.83. The summed E-state index contributed by atoms with van der Waals surface area (Å²) in [6, 6.07) is 6.88. The van der Waals surface area contributed by atoms with Crippen LogP contribution in [0.15, 0.2) is 24.3 Å². The summed E-state index contributed by atoms with van der Waals surface area (Å²) in [7, 11) is 1.60. The lowest BCUT2D eigenvalue weighted by Crippen LogP contribution is -2.46. The highest BCUT2D eigenvalue weighted by atomic mass is 16.5. The van der Waals surface area contributed by atoms with E-state index in [1.165, 1.54) is 0 Å². The van der Waals surface area contributed by atoms with E-state index in [1.807, 2.05) is 29.2 Å². The predicted octanol–water partition coefficient (Wildman–Crippen LogP) is 1.36. The number of likely N-dealkylation sites (tertiary alicyclic amines) is 1. The van der Waals surface area contributed by atoms with Gasteiger partial charge in [0.2, 0.25) is 11.8 Å². The summed E-state index contributed by atoms with van der Waals surface area (Å²) in [5.41, 5.74) is 0.897. The van der Waals surface area contributed by atoms with Crippen LogP contribution in [-0.4, -0.2) is 43.0 Å². The second-order valence-corrected chi connectivity index (χ2v) is 5.35. The quantitative estimate of drug-likeness (QED) is 0.891. The summed E-state index contributed by atoms with van der Waals surface area (Å²) in [5.74, 6) is 0.632. The maximum absolute atomic E-state index is 12.1. The third kappa shape index (κ3) is 4.21. The molecule has 0 spiro atoms. The van der Waals surface area contributed by atoms with Gasteiger partial charge >= 0.3 is 0 Å². The van der Waals surface area contributed by atoms with E-state index in [-0.39, 0.29) is 18.2 Å². The summed E-state index contributed by atoms with van der Waals surface area (Å²) in [4.78, 5) is 25.9. The van der Waals surface area contributed by atoms with Gasteiger partial charge in [-0.3, -0.25) is 9.59 Å². The van der Waals surface area contributed by atoms with Gasteiger partial charge in [-0.05, 0) is 37.5 Å². The number of benzene rings is 1. The molecule has 114 valence electrons. The molecule has 0 radical (unpaired) electrons. The van der Waals surface area contributed by atoms with E-state index in [1.54, 1.807) is 14.0 Å². The zero-order chi connectivity index (χ0) is 15.2. The number of ether oxygens (including phenoxy) is 1. The van der Waals surface area contributed by atoms with Crippen molar-refractivity contribution in [1.82, 2.24) is 10.2 Å². The second-order valence-electron chi connectivity index (χ2n) is 5.35. The highest BCUT2D eigenvalue weighted by Gasteiger charge is 2.24. The highest BCUT2D eigenvalue weighted by Crippen LogP contribution is 2.12. The Morgan fingerprint density at radius 1 is 1.24 bits per heavy atom. The van der Waals surface area contributed by atoms with E-state index in [0.29, 0.717) is 0 Å². The summed E-state index contributed by atoms with van der Waals surface area (Å²) in [5, 5.41) is 2.77. The molecule has 1 N–H and O–H groups in total. The maximum atomic E-state index is 12.1. The molecular weight excluding hydrogens is 268 g/mol. The monoisotopic (exact) mass is 290 g/mol. The normalized spacial score (nSPS) is 15.6. The Morgan fingerprint density at radius 2 is 1.86 bits per heavy atom. The van der Waals surface area contributed by atoms with Gasteiger partial charge in [0.25, 0.3) is 0 Å². The molecule has 0 aromatic heterocycles. The first-order valence-corrected chi connectivity index (χ1v) is 7.31. The molecule has 2 rings (SSSR count). The van der Waals surface area contributed by atoms with Gasteiger partial charge in [0.05, 0.1) is 13.5 Å². The molecule has 1 aromatic rings. The van der Waals surface area contributed by atoms with Crippen molar-refractivity contribution < 1.29 is 14.3 Å². The van der Waals surface area contributed by atoms with Gasteiger partial charge < -0.3 is 15.0 Å². The Hall–Kier alpha value is -2.04. The minimum atomic E-state index is -0.464. The molecule has 1 aromatic carbocycles. The largest absolute Gasteiger partial charge is 0.497 e. The maximum Gasteiger partial charge on any atom is 0.244 e.